The van der Waals surface area contributed by atoms with Crippen LogP contribution >= 0.6 is 11.8 Å². The second-order valence-corrected chi connectivity index (χ2v) is 9.88. The molecule has 0 saturated heterocycles. The fourth-order valence-corrected chi connectivity index (χ4v) is 4.67. The first kappa shape index (κ1) is 23.5. The van der Waals surface area contributed by atoms with E-state index in [4.69, 9.17) is 9.47 Å². The molecule has 0 aliphatic carbocycles. The molecule has 0 aromatic heterocycles. The molecule has 0 heterocycles. The summed E-state index contributed by atoms with van der Waals surface area (Å²) in [6.45, 7) is 1.81. The summed E-state index contributed by atoms with van der Waals surface area (Å²) in [4.78, 5) is 13.6. The number of amides is 1. The maximum atomic E-state index is 12.6. The summed E-state index contributed by atoms with van der Waals surface area (Å²) in [6.07, 6.45) is 0. The van der Waals surface area contributed by atoms with Gasteiger partial charge < -0.3 is 14.8 Å². The maximum Gasteiger partial charge on any atom is 0.261 e. The quantitative estimate of drug-likeness (QED) is 0.441. The number of hydrogen-bond acceptors (Lipinski definition) is 6. The normalized spacial score (nSPS) is 12.0. The molecule has 1 atom stereocenters. The molecule has 0 radical (unpaired) electrons. The van der Waals surface area contributed by atoms with E-state index in [9.17, 15) is 13.2 Å². The number of methoxy groups -OCH3 is 2. The Morgan fingerprint density at radius 1 is 0.812 bits per heavy atom. The summed E-state index contributed by atoms with van der Waals surface area (Å²) in [5.74, 6) is 1.20. The monoisotopic (exact) mass is 472 g/mol. The first-order chi connectivity index (χ1) is 15.3. The van der Waals surface area contributed by atoms with Gasteiger partial charge in [0.15, 0.2) is 0 Å². The third-order valence-electron chi connectivity index (χ3n) is 4.52. The van der Waals surface area contributed by atoms with Crippen molar-refractivity contribution in [2.24, 2.45) is 0 Å². The minimum absolute atomic E-state index is 0.0898. The Hall–Kier alpha value is -3.17. The molecule has 1 amide bonds. The van der Waals surface area contributed by atoms with Crippen molar-refractivity contribution in [1.82, 2.24) is 0 Å². The van der Waals surface area contributed by atoms with Gasteiger partial charge in [-0.2, -0.15) is 0 Å². The predicted molar refractivity (Wildman–Crippen MR) is 127 cm³/mol. The summed E-state index contributed by atoms with van der Waals surface area (Å²) >= 11 is 1.42. The van der Waals surface area contributed by atoms with Gasteiger partial charge >= 0.3 is 0 Å². The molecule has 3 rings (SSSR count). The van der Waals surface area contributed by atoms with Crippen LogP contribution in [0.1, 0.15) is 6.92 Å². The molecule has 3 aromatic carbocycles. The van der Waals surface area contributed by atoms with Gasteiger partial charge in [-0.25, -0.2) is 8.42 Å². The second-order valence-electron chi connectivity index (χ2n) is 6.78. The molecule has 0 aliphatic heterocycles. The van der Waals surface area contributed by atoms with Crippen LogP contribution in [0.25, 0.3) is 0 Å². The molecular weight excluding hydrogens is 448 g/mol. The summed E-state index contributed by atoms with van der Waals surface area (Å²) in [5.41, 5.74) is 0.938. The Kier molecular flexibility index (Phi) is 7.66. The number of rotatable bonds is 9. The third-order valence-corrected chi connectivity index (χ3v) is 7.03. The molecule has 0 fully saturated rings. The van der Waals surface area contributed by atoms with Crippen LogP contribution < -0.4 is 19.5 Å². The standard InChI is InChI=1S/C23H24N2O5S2/c1-16(31-21-12-10-20(30-3)11-13-21)23(26)24-17-6-14-22(15-7-17)32(27,28)25-18-4-8-19(29-2)9-5-18/h4-16,25H,1-3H3,(H,24,26)/t16-/m0/s1. The molecule has 0 aliphatic rings. The first-order valence-electron chi connectivity index (χ1n) is 9.69. The van der Waals surface area contributed by atoms with Crippen LogP contribution in [0, 0.1) is 0 Å². The van der Waals surface area contributed by atoms with Gasteiger partial charge in [0.05, 0.1) is 24.4 Å². The summed E-state index contributed by atoms with van der Waals surface area (Å²) in [6, 6.07) is 20.1. The van der Waals surface area contributed by atoms with Gasteiger partial charge in [0.25, 0.3) is 10.0 Å². The number of nitrogens with one attached hydrogen (secondary N) is 2. The Bertz CT molecular complexity index is 1150. The Balaban J connectivity index is 1.60. The minimum Gasteiger partial charge on any atom is -0.497 e. The lowest BCUT2D eigenvalue weighted by atomic mass is 10.3. The predicted octanol–water partition coefficient (Wildman–Crippen LogP) is 4.62. The van der Waals surface area contributed by atoms with Gasteiger partial charge in [-0.1, -0.05) is 0 Å². The van der Waals surface area contributed by atoms with Crippen molar-refractivity contribution < 1.29 is 22.7 Å². The van der Waals surface area contributed by atoms with Crippen molar-refractivity contribution in [2.45, 2.75) is 22.0 Å². The second kappa shape index (κ2) is 10.4. The number of carbonyl (C=O) groups excluding carboxylic acids is 1. The van der Waals surface area contributed by atoms with Crippen molar-refractivity contribution in [3.63, 3.8) is 0 Å². The fourth-order valence-electron chi connectivity index (χ4n) is 2.75. The van der Waals surface area contributed by atoms with Crippen LogP contribution in [-0.2, 0) is 14.8 Å². The zero-order valence-corrected chi connectivity index (χ0v) is 19.5. The van der Waals surface area contributed by atoms with Crippen molar-refractivity contribution in [3.8, 4) is 11.5 Å². The van der Waals surface area contributed by atoms with Gasteiger partial charge in [0.2, 0.25) is 5.91 Å². The van der Waals surface area contributed by atoms with Crippen LogP contribution in [0.4, 0.5) is 11.4 Å². The van der Waals surface area contributed by atoms with E-state index < -0.39 is 10.0 Å². The number of thioether (sulfide) groups is 1. The minimum atomic E-state index is -3.76. The van der Waals surface area contributed by atoms with E-state index in [2.05, 4.69) is 10.0 Å². The molecule has 32 heavy (non-hydrogen) atoms. The van der Waals surface area contributed by atoms with E-state index in [-0.39, 0.29) is 16.1 Å². The van der Waals surface area contributed by atoms with Crippen LogP contribution in [0.3, 0.4) is 0 Å². The molecule has 0 saturated carbocycles. The Labute approximate surface area is 192 Å². The van der Waals surface area contributed by atoms with Gasteiger partial charge in [-0.15, -0.1) is 11.8 Å². The molecule has 2 N–H and O–H groups in total. The molecule has 9 heteroatoms. The third kappa shape index (κ3) is 6.18. The van der Waals surface area contributed by atoms with Crippen LogP contribution in [-0.4, -0.2) is 33.8 Å². The summed E-state index contributed by atoms with van der Waals surface area (Å²) in [7, 11) is -0.618. The van der Waals surface area contributed by atoms with Crippen LogP contribution in [0.15, 0.2) is 82.6 Å². The van der Waals surface area contributed by atoms with E-state index in [1.165, 1.54) is 31.0 Å². The van der Waals surface area contributed by atoms with Crippen LogP contribution in [0.2, 0.25) is 0 Å². The average molecular weight is 473 g/mol. The lowest BCUT2D eigenvalue weighted by Crippen LogP contribution is -2.22. The van der Waals surface area contributed by atoms with E-state index in [1.807, 2.05) is 31.2 Å². The number of carbonyl (C=O) groups is 1. The average Bonchev–Trinajstić information content (AvgIpc) is 2.80. The highest BCUT2D eigenvalue weighted by Crippen LogP contribution is 2.26. The highest BCUT2D eigenvalue weighted by atomic mass is 32.2. The highest BCUT2D eigenvalue weighted by molar-refractivity contribution is 8.00. The van der Waals surface area contributed by atoms with Gasteiger partial charge in [-0.3, -0.25) is 9.52 Å². The summed E-state index contributed by atoms with van der Waals surface area (Å²) < 4.78 is 37.9. The number of sulfonamides is 1. The van der Waals surface area contributed by atoms with Crippen molar-refractivity contribution >= 4 is 39.1 Å². The van der Waals surface area contributed by atoms with Crippen molar-refractivity contribution in [1.29, 1.82) is 0 Å². The number of hydrogen-bond donors (Lipinski definition) is 2. The SMILES string of the molecule is COc1ccc(NS(=O)(=O)c2ccc(NC(=O)[C@H](C)Sc3ccc(OC)cc3)cc2)cc1. The fraction of sp³-hybridized carbons (Fsp3) is 0.174. The molecule has 168 valence electrons. The molecular formula is C23H24N2O5S2. The number of anilines is 2. The zero-order chi connectivity index (χ0) is 23.1. The van der Waals surface area contributed by atoms with E-state index in [1.54, 1.807) is 43.5 Å². The largest absolute Gasteiger partial charge is 0.497 e. The first-order valence-corrected chi connectivity index (χ1v) is 12.1. The number of benzene rings is 3. The summed E-state index contributed by atoms with van der Waals surface area (Å²) in [5, 5.41) is 2.47. The maximum absolute atomic E-state index is 12.6. The van der Waals surface area contributed by atoms with Crippen molar-refractivity contribution in [3.05, 3.63) is 72.8 Å². The Morgan fingerprint density at radius 3 is 1.84 bits per heavy atom. The van der Waals surface area contributed by atoms with E-state index >= 15 is 0 Å². The van der Waals surface area contributed by atoms with E-state index in [0.717, 1.165) is 10.6 Å². The molecule has 7 nitrogen and oxygen atoms in total. The highest BCUT2D eigenvalue weighted by Gasteiger charge is 2.17. The van der Waals surface area contributed by atoms with Crippen LogP contribution in [0.5, 0.6) is 11.5 Å². The lowest BCUT2D eigenvalue weighted by Gasteiger charge is -2.13. The Morgan fingerprint density at radius 2 is 1.31 bits per heavy atom. The lowest BCUT2D eigenvalue weighted by molar-refractivity contribution is -0.115. The van der Waals surface area contributed by atoms with Gasteiger partial charge in [0.1, 0.15) is 11.5 Å². The number of ether oxygens (including phenoxy) is 2. The van der Waals surface area contributed by atoms with E-state index in [0.29, 0.717) is 17.1 Å². The zero-order valence-electron chi connectivity index (χ0n) is 17.9. The van der Waals surface area contributed by atoms with Gasteiger partial charge in [-0.05, 0) is 79.7 Å². The molecule has 3 aromatic rings. The molecule has 0 bridgehead atoms. The molecule has 0 unspecified atom stereocenters. The smallest absolute Gasteiger partial charge is 0.261 e. The topological polar surface area (TPSA) is 93.7 Å². The van der Waals surface area contributed by atoms with Crippen molar-refractivity contribution in [2.75, 3.05) is 24.3 Å². The van der Waals surface area contributed by atoms with Gasteiger partial charge in [0, 0.05) is 16.3 Å². The molecule has 0 spiro atoms.